The van der Waals surface area contributed by atoms with Gasteiger partial charge in [0, 0.05) is 38.1 Å². The molecule has 168 valence electrons. The molecule has 0 radical (unpaired) electrons. The predicted octanol–water partition coefficient (Wildman–Crippen LogP) is 4.27. The van der Waals surface area contributed by atoms with Crippen molar-refractivity contribution < 1.29 is 31.1 Å². The number of nitrogens with one attached hydrogen (secondary N) is 1. The van der Waals surface area contributed by atoms with Crippen LogP contribution in [0.3, 0.4) is 0 Å². The van der Waals surface area contributed by atoms with Crippen LogP contribution in [0.5, 0.6) is 0 Å². The Labute approximate surface area is 174 Å². The number of alkyl halides is 6. The van der Waals surface area contributed by atoms with E-state index in [1.165, 1.54) is 18.2 Å². The van der Waals surface area contributed by atoms with Crippen LogP contribution in [0.1, 0.15) is 17.5 Å². The molecule has 0 unspecified atom stereocenters. The zero-order chi connectivity index (χ0) is 22.6. The highest BCUT2D eigenvalue weighted by atomic mass is 19.4. The largest absolute Gasteiger partial charge is 0.417 e. The van der Waals surface area contributed by atoms with E-state index in [1.807, 2.05) is 0 Å². The molecule has 1 fully saturated rings. The minimum atomic E-state index is -4.47. The maximum absolute atomic E-state index is 12.8. The first-order valence-electron chi connectivity index (χ1n) is 9.51. The van der Waals surface area contributed by atoms with Gasteiger partial charge in [0.15, 0.2) is 0 Å². The van der Waals surface area contributed by atoms with E-state index in [4.69, 9.17) is 0 Å². The molecule has 3 rings (SSSR count). The summed E-state index contributed by atoms with van der Waals surface area (Å²) in [4.78, 5) is 19.7. The number of aromatic nitrogens is 1. The Hall–Kier alpha value is -2.98. The molecule has 31 heavy (non-hydrogen) atoms. The van der Waals surface area contributed by atoms with Crippen molar-refractivity contribution >= 4 is 17.4 Å². The van der Waals surface area contributed by atoms with Crippen LogP contribution in [0.2, 0.25) is 0 Å². The number of anilines is 2. The molecule has 1 aromatic carbocycles. The van der Waals surface area contributed by atoms with Crippen molar-refractivity contribution in [1.29, 1.82) is 0 Å². The van der Waals surface area contributed by atoms with Gasteiger partial charge >= 0.3 is 12.4 Å². The standard InChI is InChI=1S/C20H20F6N4O/c21-19(22,23)14-3-1-4-16(11-14)27-13-18(31)30-8-2-7-29(9-10-30)17-6-5-15(12-28-17)20(24,25)26/h1,3-6,11-12,27H,2,7-10,13H2. The summed E-state index contributed by atoms with van der Waals surface area (Å²) < 4.78 is 76.4. The molecule has 0 bridgehead atoms. The number of rotatable bonds is 4. The number of pyridine rings is 1. The van der Waals surface area contributed by atoms with E-state index in [9.17, 15) is 31.1 Å². The molecule has 2 heterocycles. The Morgan fingerprint density at radius 1 is 0.935 bits per heavy atom. The first-order chi connectivity index (χ1) is 14.5. The second-order valence-corrected chi connectivity index (χ2v) is 7.06. The monoisotopic (exact) mass is 446 g/mol. The van der Waals surface area contributed by atoms with Crippen LogP contribution in [-0.2, 0) is 17.1 Å². The van der Waals surface area contributed by atoms with Crippen molar-refractivity contribution in [2.45, 2.75) is 18.8 Å². The van der Waals surface area contributed by atoms with E-state index in [1.54, 1.807) is 9.80 Å². The van der Waals surface area contributed by atoms with Crippen molar-refractivity contribution in [2.24, 2.45) is 0 Å². The van der Waals surface area contributed by atoms with Crippen molar-refractivity contribution in [1.82, 2.24) is 9.88 Å². The summed E-state index contributed by atoms with van der Waals surface area (Å²) in [6.45, 7) is 1.49. The minimum Gasteiger partial charge on any atom is -0.376 e. The Morgan fingerprint density at radius 3 is 2.32 bits per heavy atom. The van der Waals surface area contributed by atoms with Gasteiger partial charge in [0.1, 0.15) is 5.82 Å². The van der Waals surface area contributed by atoms with Gasteiger partial charge in [-0.25, -0.2) is 4.98 Å². The van der Waals surface area contributed by atoms with E-state index < -0.39 is 23.5 Å². The van der Waals surface area contributed by atoms with Gasteiger partial charge in [-0.2, -0.15) is 26.3 Å². The highest BCUT2D eigenvalue weighted by Gasteiger charge is 2.31. The van der Waals surface area contributed by atoms with E-state index in [-0.39, 0.29) is 18.1 Å². The molecule has 1 aliphatic rings. The van der Waals surface area contributed by atoms with Crippen LogP contribution >= 0.6 is 0 Å². The summed E-state index contributed by atoms with van der Waals surface area (Å²) in [5.41, 5.74) is -1.45. The first-order valence-corrected chi connectivity index (χ1v) is 9.51. The van der Waals surface area contributed by atoms with Gasteiger partial charge in [0.2, 0.25) is 5.91 Å². The van der Waals surface area contributed by atoms with Crippen molar-refractivity contribution in [3.8, 4) is 0 Å². The van der Waals surface area contributed by atoms with Gasteiger partial charge in [-0.15, -0.1) is 0 Å². The molecule has 5 nitrogen and oxygen atoms in total. The van der Waals surface area contributed by atoms with Crippen LogP contribution in [0.4, 0.5) is 37.8 Å². The lowest BCUT2D eigenvalue weighted by Crippen LogP contribution is -2.38. The summed E-state index contributed by atoms with van der Waals surface area (Å²) in [5.74, 6) is 0.115. The number of hydrogen-bond donors (Lipinski definition) is 1. The second kappa shape index (κ2) is 9.03. The normalized spacial score (nSPS) is 15.5. The molecule has 1 aliphatic heterocycles. The number of amides is 1. The minimum absolute atomic E-state index is 0.167. The first kappa shape index (κ1) is 22.7. The lowest BCUT2D eigenvalue weighted by atomic mass is 10.2. The fraction of sp³-hybridized carbons (Fsp3) is 0.400. The number of carbonyl (C=O) groups is 1. The topological polar surface area (TPSA) is 48.5 Å². The zero-order valence-electron chi connectivity index (χ0n) is 16.3. The summed E-state index contributed by atoms with van der Waals surface area (Å²) in [6, 6.07) is 6.86. The Balaban J connectivity index is 1.55. The van der Waals surface area contributed by atoms with Gasteiger partial charge in [0.25, 0.3) is 0 Å². The summed E-state index contributed by atoms with van der Waals surface area (Å²) in [5, 5.41) is 2.71. The highest BCUT2D eigenvalue weighted by Crippen LogP contribution is 2.31. The molecule has 0 spiro atoms. The second-order valence-electron chi connectivity index (χ2n) is 7.06. The van der Waals surface area contributed by atoms with Gasteiger partial charge in [-0.05, 0) is 36.8 Å². The smallest absolute Gasteiger partial charge is 0.376 e. The average molecular weight is 446 g/mol. The Kier molecular flexibility index (Phi) is 6.61. The maximum atomic E-state index is 12.8. The SMILES string of the molecule is O=C(CNc1cccc(C(F)(F)F)c1)N1CCCN(c2ccc(C(F)(F)F)cn2)CC1. The van der Waals surface area contributed by atoms with Gasteiger partial charge in [-0.1, -0.05) is 6.07 Å². The molecular formula is C20H20F6N4O. The number of carbonyl (C=O) groups excluding carboxylic acids is 1. The third kappa shape index (κ3) is 6.02. The molecule has 1 amide bonds. The predicted molar refractivity (Wildman–Crippen MR) is 103 cm³/mol. The van der Waals surface area contributed by atoms with Gasteiger partial charge in [0.05, 0.1) is 17.7 Å². The maximum Gasteiger partial charge on any atom is 0.417 e. The summed E-state index contributed by atoms with van der Waals surface area (Å²) in [6.07, 6.45) is -7.57. The fourth-order valence-electron chi connectivity index (χ4n) is 3.23. The van der Waals surface area contributed by atoms with Gasteiger partial charge < -0.3 is 15.1 Å². The number of nitrogens with zero attached hydrogens (tertiary/aromatic N) is 3. The number of benzene rings is 1. The summed E-state index contributed by atoms with van der Waals surface area (Å²) in [7, 11) is 0. The highest BCUT2D eigenvalue weighted by molar-refractivity contribution is 5.81. The number of halogens is 6. The zero-order valence-corrected chi connectivity index (χ0v) is 16.3. The Bertz CT molecular complexity index is 898. The molecule has 2 aromatic rings. The molecule has 0 aliphatic carbocycles. The van der Waals surface area contributed by atoms with E-state index in [2.05, 4.69) is 10.3 Å². The fourth-order valence-corrected chi connectivity index (χ4v) is 3.23. The molecule has 1 aromatic heterocycles. The van der Waals surface area contributed by atoms with Crippen molar-refractivity contribution in [3.63, 3.8) is 0 Å². The van der Waals surface area contributed by atoms with Crippen LogP contribution in [0.15, 0.2) is 42.6 Å². The molecule has 1 N–H and O–H groups in total. The van der Waals surface area contributed by atoms with Crippen LogP contribution in [0.25, 0.3) is 0 Å². The average Bonchev–Trinajstić information content (AvgIpc) is 2.97. The quantitative estimate of drug-likeness (QED) is 0.713. The molecule has 1 saturated heterocycles. The van der Waals surface area contributed by atoms with Crippen LogP contribution in [-0.4, -0.2) is 48.5 Å². The van der Waals surface area contributed by atoms with Crippen molar-refractivity contribution in [3.05, 3.63) is 53.7 Å². The number of hydrogen-bond acceptors (Lipinski definition) is 4. The van der Waals surface area contributed by atoms with Crippen LogP contribution in [0, 0.1) is 0 Å². The third-order valence-electron chi connectivity index (χ3n) is 4.88. The van der Waals surface area contributed by atoms with Crippen molar-refractivity contribution in [2.75, 3.05) is 42.9 Å². The van der Waals surface area contributed by atoms with Gasteiger partial charge in [-0.3, -0.25) is 4.79 Å². The van der Waals surface area contributed by atoms with E-state index in [0.717, 1.165) is 24.4 Å². The molecular weight excluding hydrogens is 426 g/mol. The van der Waals surface area contributed by atoms with E-state index in [0.29, 0.717) is 38.4 Å². The van der Waals surface area contributed by atoms with E-state index >= 15 is 0 Å². The molecule has 0 saturated carbocycles. The lowest BCUT2D eigenvalue weighted by molar-refractivity contribution is -0.138. The van der Waals surface area contributed by atoms with Crippen LogP contribution < -0.4 is 10.2 Å². The molecule has 0 atom stereocenters. The molecule has 11 heteroatoms. The summed E-state index contributed by atoms with van der Waals surface area (Å²) >= 11 is 0. The lowest BCUT2D eigenvalue weighted by Gasteiger charge is -2.23. The Morgan fingerprint density at radius 2 is 1.68 bits per heavy atom. The third-order valence-corrected chi connectivity index (χ3v) is 4.88.